The number of carbonyl (C=O) groups excluding carboxylic acids is 1. The van der Waals surface area contributed by atoms with E-state index in [0.717, 1.165) is 16.6 Å². The highest BCUT2D eigenvalue weighted by Gasteiger charge is 2.07. The first-order valence-electron chi connectivity index (χ1n) is 5.78. The summed E-state index contributed by atoms with van der Waals surface area (Å²) in [7, 11) is 1.88. The Bertz CT molecular complexity index is 597. The molecule has 0 unspecified atom stereocenters. The number of hydrogen-bond acceptors (Lipinski definition) is 2. The van der Waals surface area contributed by atoms with Crippen LogP contribution in [-0.4, -0.2) is 22.2 Å². The second-order valence-corrected chi connectivity index (χ2v) is 5.34. The number of nitrogens with one attached hydrogen (secondary N) is 1. The Balaban J connectivity index is 1.91. The lowest BCUT2D eigenvalue weighted by molar-refractivity contribution is 0.0954. The van der Waals surface area contributed by atoms with Gasteiger partial charge in [-0.05, 0) is 40.2 Å². The van der Waals surface area contributed by atoms with Crippen LogP contribution in [0.4, 0.5) is 0 Å². The number of nitrogens with zero attached hydrogens (tertiary/aromatic N) is 2. The van der Waals surface area contributed by atoms with Crippen molar-refractivity contribution in [3.63, 3.8) is 0 Å². The van der Waals surface area contributed by atoms with Gasteiger partial charge in [-0.2, -0.15) is 5.10 Å². The maximum absolute atomic E-state index is 11.9. The summed E-state index contributed by atoms with van der Waals surface area (Å²) in [5.41, 5.74) is 1.63. The fourth-order valence-corrected chi connectivity index (χ4v) is 2.12. The third-order valence-corrected chi connectivity index (χ3v) is 4.00. The Morgan fingerprint density at radius 3 is 2.89 bits per heavy atom. The zero-order valence-electron chi connectivity index (χ0n) is 10.4. The van der Waals surface area contributed by atoms with Crippen LogP contribution >= 0.6 is 27.5 Å². The van der Waals surface area contributed by atoms with Gasteiger partial charge in [-0.25, -0.2) is 0 Å². The molecule has 0 saturated heterocycles. The van der Waals surface area contributed by atoms with Gasteiger partial charge in [0.25, 0.3) is 5.91 Å². The zero-order chi connectivity index (χ0) is 13.8. The standard InChI is InChI=1S/C13H13BrClN3O/c1-18-10(5-7-17-18)4-6-16-13(19)9-2-3-11(14)12(15)8-9/h2-3,5,7-8H,4,6H2,1H3,(H,16,19). The average Bonchev–Trinajstić information content (AvgIpc) is 2.78. The van der Waals surface area contributed by atoms with Gasteiger partial charge < -0.3 is 5.32 Å². The number of carbonyl (C=O) groups is 1. The molecule has 2 rings (SSSR count). The van der Waals surface area contributed by atoms with Gasteiger partial charge in [0.2, 0.25) is 0 Å². The van der Waals surface area contributed by atoms with E-state index in [1.165, 1.54) is 0 Å². The van der Waals surface area contributed by atoms with Gasteiger partial charge in [-0.15, -0.1) is 0 Å². The van der Waals surface area contributed by atoms with Crippen LogP contribution in [0, 0.1) is 0 Å². The first-order chi connectivity index (χ1) is 9.08. The molecule has 1 aromatic carbocycles. The second kappa shape index (κ2) is 6.21. The van der Waals surface area contributed by atoms with Crippen LogP contribution in [0.3, 0.4) is 0 Å². The van der Waals surface area contributed by atoms with E-state index in [1.54, 1.807) is 29.1 Å². The Morgan fingerprint density at radius 2 is 2.26 bits per heavy atom. The number of amides is 1. The predicted octanol–water partition coefficient (Wildman–Crippen LogP) is 2.81. The number of aromatic nitrogens is 2. The second-order valence-electron chi connectivity index (χ2n) is 4.08. The third kappa shape index (κ3) is 3.58. The minimum Gasteiger partial charge on any atom is -0.352 e. The van der Waals surface area contributed by atoms with E-state index in [0.29, 0.717) is 17.1 Å². The predicted molar refractivity (Wildman–Crippen MR) is 78.4 cm³/mol. The lowest BCUT2D eigenvalue weighted by Gasteiger charge is -2.06. The smallest absolute Gasteiger partial charge is 0.251 e. The summed E-state index contributed by atoms with van der Waals surface area (Å²) in [5, 5.41) is 7.46. The molecule has 0 atom stereocenters. The van der Waals surface area contributed by atoms with Crippen molar-refractivity contribution in [2.24, 2.45) is 7.05 Å². The molecule has 100 valence electrons. The summed E-state index contributed by atoms with van der Waals surface area (Å²) in [6.07, 6.45) is 2.48. The van der Waals surface area contributed by atoms with Gasteiger partial charge >= 0.3 is 0 Å². The maximum Gasteiger partial charge on any atom is 0.251 e. The summed E-state index contributed by atoms with van der Waals surface area (Å²) in [5.74, 6) is -0.128. The van der Waals surface area contributed by atoms with Gasteiger partial charge in [0.05, 0.1) is 5.02 Å². The monoisotopic (exact) mass is 341 g/mol. The molecule has 1 amide bonds. The van der Waals surface area contributed by atoms with Crippen LogP contribution in [0.2, 0.25) is 5.02 Å². The molecule has 0 radical (unpaired) electrons. The molecule has 19 heavy (non-hydrogen) atoms. The molecule has 1 aromatic heterocycles. The lowest BCUT2D eigenvalue weighted by atomic mass is 10.2. The highest BCUT2D eigenvalue weighted by molar-refractivity contribution is 9.10. The average molecular weight is 343 g/mol. The van der Waals surface area contributed by atoms with Crippen LogP contribution < -0.4 is 5.32 Å². The van der Waals surface area contributed by atoms with Crippen molar-refractivity contribution >= 4 is 33.4 Å². The van der Waals surface area contributed by atoms with Crippen LogP contribution in [-0.2, 0) is 13.5 Å². The van der Waals surface area contributed by atoms with E-state index in [1.807, 2.05) is 13.1 Å². The van der Waals surface area contributed by atoms with Gasteiger partial charge in [-0.3, -0.25) is 9.48 Å². The molecule has 0 aliphatic heterocycles. The van der Waals surface area contributed by atoms with E-state index in [4.69, 9.17) is 11.6 Å². The SMILES string of the molecule is Cn1nccc1CCNC(=O)c1ccc(Br)c(Cl)c1. The molecule has 4 nitrogen and oxygen atoms in total. The summed E-state index contributed by atoms with van der Waals surface area (Å²) >= 11 is 9.25. The topological polar surface area (TPSA) is 46.9 Å². The largest absolute Gasteiger partial charge is 0.352 e. The Kier molecular flexibility index (Phi) is 4.61. The summed E-state index contributed by atoms with van der Waals surface area (Å²) in [4.78, 5) is 11.9. The first-order valence-corrected chi connectivity index (χ1v) is 6.95. The molecule has 6 heteroatoms. The van der Waals surface area contributed by atoms with Crippen molar-refractivity contribution in [1.82, 2.24) is 15.1 Å². The van der Waals surface area contributed by atoms with Gasteiger partial charge in [0, 0.05) is 41.9 Å². The molecule has 0 fully saturated rings. The molecule has 2 aromatic rings. The molecule has 1 heterocycles. The summed E-state index contributed by atoms with van der Waals surface area (Å²) in [6, 6.07) is 7.07. The molecule has 0 aliphatic carbocycles. The highest BCUT2D eigenvalue weighted by atomic mass is 79.9. The van der Waals surface area contributed by atoms with Crippen molar-refractivity contribution in [2.75, 3.05) is 6.54 Å². The van der Waals surface area contributed by atoms with Crippen molar-refractivity contribution in [2.45, 2.75) is 6.42 Å². The molecule has 0 saturated carbocycles. The van der Waals surface area contributed by atoms with Crippen LogP contribution in [0.5, 0.6) is 0 Å². The van der Waals surface area contributed by atoms with E-state index in [-0.39, 0.29) is 5.91 Å². The molecule has 0 bridgehead atoms. The van der Waals surface area contributed by atoms with E-state index < -0.39 is 0 Å². The van der Waals surface area contributed by atoms with Crippen LogP contribution in [0.15, 0.2) is 34.9 Å². The number of rotatable bonds is 4. The molecule has 0 spiro atoms. The van der Waals surface area contributed by atoms with Gasteiger partial charge in [0.1, 0.15) is 0 Å². The minimum absolute atomic E-state index is 0.128. The maximum atomic E-state index is 11.9. The third-order valence-electron chi connectivity index (χ3n) is 2.77. The van der Waals surface area contributed by atoms with E-state index >= 15 is 0 Å². The van der Waals surface area contributed by atoms with E-state index in [2.05, 4.69) is 26.3 Å². The van der Waals surface area contributed by atoms with E-state index in [9.17, 15) is 4.79 Å². The number of hydrogen-bond donors (Lipinski definition) is 1. The van der Waals surface area contributed by atoms with Crippen molar-refractivity contribution in [3.8, 4) is 0 Å². The van der Waals surface area contributed by atoms with Gasteiger partial charge in [0.15, 0.2) is 0 Å². The first kappa shape index (κ1) is 14.1. The minimum atomic E-state index is -0.128. The molecule has 0 aliphatic rings. The number of aryl methyl sites for hydroxylation is 1. The summed E-state index contributed by atoms with van der Waals surface area (Å²) < 4.78 is 2.57. The Morgan fingerprint density at radius 1 is 1.47 bits per heavy atom. The lowest BCUT2D eigenvalue weighted by Crippen LogP contribution is -2.26. The van der Waals surface area contributed by atoms with Crippen molar-refractivity contribution < 1.29 is 4.79 Å². The van der Waals surface area contributed by atoms with Crippen LogP contribution in [0.25, 0.3) is 0 Å². The quantitative estimate of drug-likeness (QED) is 0.929. The molecular formula is C13H13BrClN3O. The summed E-state index contributed by atoms with van der Waals surface area (Å²) in [6.45, 7) is 0.562. The highest BCUT2D eigenvalue weighted by Crippen LogP contribution is 2.23. The zero-order valence-corrected chi connectivity index (χ0v) is 12.7. The van der Waals surface area contributed by atoms with Crippen LogP contribution in [0.1, 0.15) is 16.1 Å². The Labute approximate surface area is 124 Å². The van der Waals surface area contributed by atoms with Gasteiger partial charge in [-0.1, -0.05) is 11.6 Å². The molecular weight excluding hydrogens is 330 g/mol. The number of halogens is 2. The van der Waals surface area contributed by atoms with Crippen molar-refractivity contribution in [3.05, 3.63) is 51.2 Å². The normalized spacial score (nSPS) is 10.5. The van der Waals surface area contributed by atoms with Crippen molar-refractivity contribution in [1.29, 1.82) is 0 Å². The fourth-order valence-electron chi connectivity index (χ4n) is 1.69. The Hall–Kier alpha value is -1.33. The fraction of sp³-hybridized carbons (Fsp3) is 0.231. The number of benzene rings is 1. The molecule has 1 N–H and O–H groups in total.